The van der Waals surface area contributed by atoms with Gasteiger partial charge in [-0.1, -0.05) is 11.6 Å². The fraction of sp³-hybridized carbons (Fsp3) is 0.250. The maximum absolute atomic E-state index is 12.0. The van der Waals surface area contributed by atoms with E-state index in [0.29, 0.717) is 22.2 Å². The Bertz CT molecular complexity index is 666. The van der Waals surface area contributed by atoms with Crippen molar-refractivity contribution in [2.75, 3.05) is 13.7 Å². The second-order valence-corrected chi connectivity index (χ2v) is 6.62. The third-order valence-electron chi connectivity index (χ3n) is 3.07. The van der Waals surface area contributed by atoms with Gasteiger partial charge in [0.25, 0.3) is 5.91 Å². The van der Waals surface area contributed by atoms with Crippen LogP contribution in [-0.4, -0.2) is 30.2 Å². The summed E-state index contributed by atoms with van der Waals surface area (Å²) >= 11 is 7.32. The molecule has 0 aliphatic rings. The highest BCUT2D eigenvalue weighted by atomic mass is 35.5. The van der Waals surface area contributed by atoms with E-state index < -0.39 is 0 Å². The molecule has 0 radical (unpaired) electrons. The molecule has 1 amide bonds. The third kappa shape index (κ3) is 4.58. The lowest BCUT2D eigenvalue weighted by atomic mass is 10.1. The van der Waals surface area contributed by atoms with E-state index in [9.17, 15) is 9.59 Å². The highest BCUT2D eigenvalue weighted by Gasteiger charge is 2.11. The van der Waals surface area contributed by atoms with Gasteiger partial charge >= 0.3 is 0 Å². The van der Waals surface area contributed by atoms with Crippen LogP contribution < -0.4 is 4.74 Å². The Kier molecular flexibility index (Phi) is 5.57. The molecule has 0 aliphatic heterocycles. The predicted molar refractivity (Wildman–Crippen MR) is 87.7 cm³/mol. The van der Waals surface area contributed by atoms with Crippen LogP contribution in [0.2, 0.25) is 4.34 Å². The van der Waals surface area contributed by atoms with Crippen molar-refractivity contribution in [2.45, 2.75) is 13.5 Å². The van der Waals surface area contributed by atoms with E-state index in [0.717, 1.165) is 4.88 Å². The zero-order chi connectivity index (χ0) is 16.1. The van der Waals surface area contributed by atoms with Crippen molar-refractivity contribution in [1.29, 1.82) is 0 Å². The molecule has 2 rings (SSSR count). The number of ketones is 1. The van der Waals surface area contributed by atoms with Crippen molar-refractivity contribution in [2.24, 2.45) is 0 Å². The number of carbonyl (C=O) groups excluding carboxylic acids is 2. The van der Waals surface area contributed by atoms with E-state index in [4.69, 9.17) is 16.3 Å². The van der Waals surface area contributed by atoms with Gasteiger partial charge in [-0.15, -0.1) is 11.3 Å². The van der Waals surface area contributed by atoms with Gasteiger partial charge in [0.15, 0.2) is 12.4 Å². The summed E-state index contributed by atoms with van der Waals surface area (Å²) in [5.41, 5.74) is 0.616. The average Bonchev–Trinajstić information content (AvgIpc) is 2.90. The van der Waals surface area contributed by atoms with Crippen molar-refractivity contribution in [3.63, 3.8) is 0 Å². The standard InChI is InChI=1S/C16H16ClNO3S/c1-11(19)12-3-5-13(6-4-12)21-10-16(20)18(2)9-14-7-8-15(17)22-14/h3-8H,9-10H2,1-2H3. The summed E-state index contributed by atoms with van der Waals surface area (Å²) in [4.78, 5) is 25.8. The van der Waals surface area contributed by atoms with E-state index in [1.807, 2.05) is 12.1 Å². The molecule has 0 N–H and O–H groups in total. The smallest absolute Gasteiger partial charge is 0.260 e. The minimum Gasteiger partial charge on any atom is -0.484 e. The molecule has 6 heteroatoms. The molecule has 4 nitrogen and oxygen atoms in total. The number of carbonyl (C=O) groups is 2. The number of thiophene rings is 1. The van der Waals surface area contributed by atoms with Gasteiger partial charge < -0.3 is 9.64 Å². The van der Waals surface area contributed by atoms with E-state index in [1.165, 1.54) is 18.3 Å². The summed E-state index contributed by atoms with van der Waals surface area (Å²) in [6, 6.07) is 10.4. The van der Waals surface area contributed by atoms with Crippen molar-refractivity contribution in [1.82, 2.24) is 4.90 Å². The van der Waals surface area contributed by atoms with Gasteiger partial charge in [-0.25, -0.2) is 0 Å². The summed E-state index contributed by atoms with van der Waals surface area (Å²) < 4.78 is 6.15. The largest absolute Gasteiger partial charge is 0.484 e. The van der Waals surface area contributed by atoms with Gasteiger partial charge in [0.05, 0.1) is 10.9 Å². The van der Waals surface area contributed by atoms with Crippen molar-refractivity contribution >= 4 is 34.6 Å². The summed E-state index contributed by atoms with van der Waals surface area (Å²) in [5.74, 6) is 0.433. The summed E-state index contributed by atoms with van der Waals surface area (Å²) in [6.07, 6.45) is 0. The molecule has 0 bridgehead atoms. The second-order valence-electron chi connectivity index (χ2n) is 4.82. The summed E-state index contributed by atoms with van der Waals surface area (Å²) in [5, 5.41) is 0. The number of likely N-dealkylation sites (N-methyl/N-ethyl adjacent to an activating group) is 1. The second kappa shape index (κ2) is 7.42. The first-order valence-electron chi connectivity index (χ1n) is 6.67. The predicted octanol–water partition coefficient (Wildman–Crippen LogP) is 3.64. The van der Waals surface area contributed by atoms with Gasteiger partial charge in [-0.2, -0.15) is 0 Å². The number of amides is 1. The van der Waals surface area contributed by atoms with Gasteiger partial charge in [0.1, 0.15) is 5.75 Å². The first kappa shape index (κ1) is 16.5. The maximum atomic E-state index is 12.0. The van der Waals surface area contributed by atoms with Crippen molar-refractivity contribution in [3.8, 4) is 5.75 Å². The number of ether oxygens (including phenoxy) is 1. The third-order valence-corrected chi connectivity index (χ3v) is 4.29. The van der Waals surface area contributed by atoms with Crippen LogP contribution >= 0.6 is 22.9 Å². The van der Waals surface area contributed by atoms with Crippen LogP contribution in [0.4, 0.5) is 0 Å². The first-order chi connectivity index (χ1) is 10.5. The summed E-state index contributed by atoms with van der Waals surface area (Å²) in [6.45, 7) is 1.96. The molecule has 1 aromatic heterocycles. The van der Waals surface area contributed by atoms with Gasteiger partial charge in [0, 0.05) is 17.5 Å². The average molecular weight is 338 g/mol. The Morgan fingerprint density at radius 1 is 1.18 bits per heavy atom. The Morgan fingerprint density at radius 3 is 2.41 bits per heavy atom. The van der Waals surface area contributed by atoms with Crippen molar-refractivity contribution in [3.05, 3.63) is 51.2 Å². The molecular formula is C16H16ClNO3S. The van der Waals surface area contributed by atoms with Crippen LogP contribution in [-0.2, 0) is 11.3 Å². The fourth-order valence-electron chi connectivity index (χ4n) is 1.80. The molecule has 0 spiro atoms. The lowest BCUT2D eigenvalue weighted by Crippen LogP contribution is -2.30. The van der Waals surface area contributed by atoms with Gasteiger partial charge in [-0.05, 0) is 43.3 Å². The Labute approximate surface area is 138 Å². The highest BCUT2D eigenvalue weighted by molar-refractivity contribution is 7.16. The number of benzene rings is 1. The molecule has 1 aromatic carbocycles. The first-order valence-corrected chi connectivity index (χ1v) is 7.87. The molecule has 0 saturated heterocycles. The molecule has 0 saturated carbocycles. The molecular weight excluding hydrogens is 322 g/mol. The molecule has 0 fully saturated rings. The normalized spacial score (nSPS) is 10.3. The molecule has 22 heavy (non-hydrogen) atoms. The quantitative estimate of drug-likeness (QED) is 0.756. The maximum Gasteiger partial charge on any atom is 0.260 e. The van der Waals surface area contributed by atoms with Crippen molar-refractivity contribution < 1.29 is 14.3 Å². The lowest BCUT2D eigenvalue weighted by Gasteiger charge is -2.16. The SMILES string of the molecule is CC(=O)c1ccc(OCC(=O)N(C)Cc2ccc(Cl)s2)cc1. The molecule has 0 unspecified atom stereocenters. The Morgan fingerprint density at radius 2 is 1.86 bits per heavy atom. The molecule has 116 valence electrons. The Hall–Kier alpha value is -1.85. The fourth-order valence-corrected chi connectivity index (χ4v) is 2.94. The zero-order valence-corrected chi connectivity index (χ0v) is 13.9. The number of Topliss-reactive ketones (excluding diaryl/α,β-unsaturated/α-hetero) is 1. The van der Waals surface area contributed by atoms with E-state index in [1.54, 1.807) is 36.2 Å². The number of hydrogen-bond donors (Lipinski definition) is 0. The number of rotatable bonds is 6. The molecule has 2 aromatic rings. The molecule has 0 aliphatic carbocycles. The van der Waals surface area contributed by atoms with Crippen LogP contribution in [0.5, 0.6) is 5.75 Å². The van der Waals surface area contributed by atoms with Crippen LogP contribution in [0.1, 0.15) is 22.2 Å². The number of nitrogens with zero attached hydrogens (tertiary/aromatic N) is 1. The van der Waals surface area contributed by atoms with Crippen LogP contribution in [0.15, 0.2) is 36.4 Å². The number of halogens is 1. The number of hydrogen-bond acceptors (Lipinski definition) is 4. The van der Waals surface area contributed by atoms with E-state index in [-0.39, 0.29) is 18.3 Å². The Balaban J connectivity index is 1.85. The monoisotopic (exact) mass is 337 g/mol. The minimum absolute atomic E-state index is 0.00281. The highest BCUT2D eigenvalue weighted by Crippen LogP contribution is 2.22. The zero-order valence-electron chi connectivity index (χ0n) is 12.3. The van der Waals surface area contributed by atoms with Gasteiger partial charge in [-0.3, -0.25) is 9.59 Å². The van der Waals surface area contributed by atoms with Gasteiger partial charge in [0.2, 0.25) is 0 Å². The van der Waals surface area contributed by atoms with E-state index >= 15 is 0 Å². The molecule has 0 atom stereocenters. The van der Waals surface area contributed by atoms with E-state index in [2.05, 4.69) is 0 Å². The minimum atomic E-state index is -0.125. The topological polar surface area (TPSA) is 46.6 Å². The summed E-state index contributed by atoms with van der Waals surface area (Å²) in [7, 11) is 1.72. The van der Waals surface area contributed by atoms with Crippen LogP contribution in [0.25, 0.3) is 0 Å². The molecule has 1 heterocycles. The lowest BCUT2D eigenvalue weighted by molar-refractivity contribution is -0.132. The van der Waals surface area contributed by atoms with Crippen LogP contribution in [0, 0.1) is 0 Å². The van der Waals surface area contributed by atoms with Crippen LogP contribution in [0.3, 0.4) is 0 Å².